The summed E-state index contributed by atoms with van der Waals surface area (Å²) >= 11 is 0. The highest BCUT2D eigenvalue weighted by atomic mass is 16.5. The van der Waals surface area contributed by atoms with E-state index in [-0.39, 0.29) is 5.97 Å². The molecule has 4 nitrogen and oxygen atoms in total. The molecule has 0 saturated heterocycles. The van der Waals surface area contributed by atoms with Crippen LogP contribution in [0.4, 0.5) is 0 Å². The molecule has 0 amide bonds. The summed E-state index contributed by atoms with van der Waals surface area (Å²) in [6.45, 7) is 3.09. The summed E-state index contributed by atoms with van der Waals surface area (Å²) in [5.74, 6) is 0.199. The van der Waals surface area contributed by atoms with Crippen molar-refractivity contribution in [1.82, 2.24) is 9.55 Å². The van der Waals surface area contributed by atoms with Crippen molar-refractivity contribution in [1.29, 1.82) is 0 Å². The third-order valence-electron chi connectivity index (χ3n) is 4.82. The Balaban J connectivity index is 1.68. The van der Waals surface area contributed by atoms with Crippen LogP contribution < -0.4 is 4.74 Å². The number of carbonyl (C=O) groups excluding carboxylic acids is 1. The Labute approximate surface area is 158 Å². The van der Waals surface area contributed by atoms with Gasteiger partial charge in [0.05, 0.1) is 11.1 Å². The van der Waals surface area contributed by atoms with Gasteiger partial charge >= 0.3 is 5.97 Å². The van der Waals surface area contributed by atoms with E-state index in [2.05, 4.69) is 22.5 Å². The Morgan fingerprint density at radius 3 is 2.74 bits per heavy atom. The maximum absolute atomic E-state index is 13.0. The molecule has 2 heterocycles. The molecule has 0 atom stereocenters. The summed E-state index contributed by atoms with van der Waals surface area (Å²) < 4.78 is 7.93. The first kappa shape index (κ1) is 17.3. The SMILES string of the molecule is CCCCCn1cc(C(=O)Oc2cccc3ncccc23)c2ccccc21. The second kappa shape index (κ2) is 7.62. The number of ether oxygens (including phenoxy) is 1. The van der Waals surface area contributed by atoms with Gasteiger partial charge in [0, 0.05) is 35.2 Å². The fourth-order valence-electron chi connectivity index (χ4n) is 3.45. The van der Waals surface area contributed by atoms with Crippen LogP contribution in [0.3, 0.4) is 0 Å². The number of hydrogen-bond donors (Lipinski definition) is 0. The van der Waals surface area contributed by atoms with Crippen molar-refractivity contribution < 1.29 is 9.53 Å². The Hall–Kier alpha value is -3.14. The number of aryl methyl sites for hydroxylation is 1. The first-order chi connectivity index (χ1) is 13.3. The number of esters is 1. The lowest BCUT2D eigenvalue weighted by molar-refractivity contribution is 0.0739. The molecule has 0 aliphatic carbocycles. The smallest absolute Gasteiger partial charge is 0.345 e. The number of rotatable bonds is 6. The van der Waals surface area contributed by atoms with Crippen molar-refractivity contribution in [2.75, 3.05) is 0 Å². The van der Waals surface area contributed by atoms with Crippen LogP contribution in [0.2, 0.25) is 0 Å². The topological polar surface area (TPSA) is 44.1 Å². The van der Waals surface area contributed by atoms with E-state index in [1.807, 2.05) is 54.7 Å². The van der Waals surface area contributed by atoms with Crippen LogP contribution in [0.1, 0.15) is 36.5 Å². The maximum atomic E-state index is 13.0. The minimum absolute atomic E-state index is 0.336. The predicted molar refractivity (Wildman–Crippen MR) is 108 cm³/mol. The molecular weight excluding hydrogens is 336 g/mol. The molecule has 0 radical (unpaired) electrons. The van der Waals surface area contributed by atoms with Crippen LogP contribution in [0.25, 0.3) is 21.8 Å². The lowest BCUT2D eigenvalue weighted by Gasteiger charge is -2.06. The third kappa shape index (κ3) is 3.43. The molecule has 0 unspecified atom stereocenters. The molecule has 0 saturated carbocycles. The summed E-state index contributed by atoms with van der Waals surface area (Å²) in [7, 11) is 0. The molecule has 4 rings (SSSR count). The molecule has 0 spiro atoms. The summed E-state index contributed by atoms with van der Waals surface area (Å²) in [6, 6.07) is 17.3. The molecular formula is C23H22N2O2. The summed E-state index contributed by atoms with van der Waals surface area (Å²) in [5.41, 5.74) is 2.48. The van der Waals surface area contributed by atoms with Gasteiger partial charge in [-0.05, 0) is 36.8 Å². The van der Waals surface area contributed by atoms with Crippen LogP contribution in [0.5, 0.6) is 5.75 Å². The Morgan fingerprint density at radius 1 is 1.00 bits per heavy atom. The number of fused-ring (bicyclic) bond motifs is 2. The van der Waals surface area contributed by atoms with E-state index in [1.165, 1.54) is 12.8 Å². The maximum Gasteiger partial charge on any atom is 0.345 e. The minimum atomic E-state index is -0.336. The monoisotopic (exact) mass is 358 g/mol. The van der Waals surface area contributed by atoms with E-state index in [9.17, 15) is 4.79 Å². The fraction of sp³-hybridized carbons (Fsp3) is 0.217. The standard InChI is InChI=1S/C23H22N2O2/c1-2-3-6-15-25-16-19(17-9-4-5-12-21(17)25)23(26)27-22-13-7-11-20-18(22)10-8-14-24-20/h4-5,7-14,16H,2-3,6,15H2,1H3. The largest absolute Gasteiger partial charge is 0.422 e. The molecule has 0 aliphatic heterocycles. The van der Waals surface area contributed by atoms with Crippen molar-refractivity contribution in [3.8, 4) is 5.75 Å². The van der Waals surface area contributed by atoms with Crippen molar-refractivity contribution in [2.45, 2.75) is 32.7 Å². The van der Waals surface area contributed by atoms with Gasteiger partial charge in [0.1, 0.15) is 5.75 Å². The number of hydrogen-bond acceptors (Lipinski definition) is 3. The highest BCUT2D eigenvalue weighted by Crippen LogP contribution is 2.27. The molecule has 4 heteroatoms. The molecule has 4 aromatic rings. The number of nitrogens with zero attached hydrogens (tertiary/aromatic N) is 2. The third-order valence-corrected chi connectivity index (χ3v) is 4.82. The van der Waals surface area contributed by atoms with E-state index in [4.69, 9.17) is 4.74 Å². The predicted octanol–water partition coefficient (Wildman–Crippen LogP) is 5.60. The minimum Gasteiger partial charge on any atom is -0.422 e. The Morgan fingerprint density at radius 2 is 1.85 bits per heavy atom. The summed E-state index contributed by atoms with van der Waals surface area (Å²) in [5, 5.41) is 1.76. The molecule has 2 aromatic carbocycles. The van der Waals surface area contributed by atoms with Gasteiger partial charge in [-0.1, -0.05) is 44.0 Å². The van der Waals surface area contributed by atoms with Crippen LogP contribution in [0.15, 0.2) is 67.0 Å². The lowest BCUT2D eigenvalue weighted by Crippen LogP contribution is -2.08. The van der Waals surface area contributed by atoms with E-state index < -0.39 is 0 Å². The number of aromatic nitrogens is 2. The van der Waals surface area contributed by atoms with Crippen molar-refractivity contribution >= 4 is 27.8 Å². The van der Waals surface area contributed by atoms with Crippen LogP contribution >= 0.6 is 0 Å². The van der Waals surface area contributed by atoms with Crippen molar-refractivity contribution in [3.05, 3.63) is 72.6 Å². The first-order valence-electron chi connectivity index (χ1n) is 9.41. The number of pyridine rings is 1. The fourth-order valence-corrected chi connectivity index (χ4v) is 3.45. The van der Waals surface area contributed by atoms with Gasteiger partial charge < -0.3 is 9.30 Å². The highest BCUT2D eigenvalue weighted by Gasteiger charge is 2.17. The molecule has 0 aliphatic rings. The van der Waals surface area contributed by atoms with Gasteiger partial charge in [-0.3, -0.25) is 4.98 Å². The summed E-state index contributed by atoms with van der Waals surface area (Å²) in [4.78, 5) is 17.3. The van der Waals surface area contributed by atoms with E-state index in [0.717, 1.165) is 34.8 Å². The zero-order valence-electron chi connectivity index (χ0n) is 15.4. The van der Waals surface area contributed by atoms with Crippen molar-refractivity contribution in [3.63, 3.8) is 0 Å². The van der Waals surface area contributed by atoms with Gasteiger partial charge in [0.15, 0.2) is 0 Å². The van der Waals surface area contributed by atoms with Gasteiger partial charge in [0.25, 0.3) is 0 Å². The Bertz CT molecular complexity index is 1090. The summed E-state index contributed by atoms with van der Waals surface area (Å²) in [6.07, 6.45) is 7.10. The molecule has 2 aromatic heterocycles. The second-order valence-corrected chi connectivity index (χ2v) is 6.68. The van der Waals surface area contributed by atoms with Crippen LogP contribution in [0, 0.1) is 0 Å². The van der Waals surface area contributed by atoms with Gasteiger partial charge in [-0.2, -0.15) is 0 Å². The quantitative estimate of drug-likeness (QED) is 0.256. The van der Waals surface area contributed by atoms with Gasteiger partial charge in [-0.25, -0.2) is 4.79 Å². The average Bonchev–Trinajstić information content (AvgIpc) is 3.08. The second-order valence-electron chi connectivity index (χ2n) is 6.68. The normalized spacial score (nSPS) is 11.1. The number of unbranched alkanes of at least 4 members (excludes halogenated alkanes) is 2. The number of benzene rings is 2. The molecule has 136 valence electrons. The zero-order chi connectivity index (χ0) is 18.6. The van der Waals surface area contributed by atoms with Crippen LogP contribution in [-0.2, 0) is 6.54 Å². The molecule has 0 bridgehead atoms. The van der Waals surface area contributed by atoms with Crippen LogP contribution in [-0.4, -0.2) is 15.5 Å². The number of carbonyl (C=O) groups is 1. The molecule has 27 heavy (non-hydrogen) atoms. The van der Waals surface area contributed by atoms with Gasteiger partial charge in [-0.15, -0.1) is 0 Å². The first-order valence-corrected chi connectivity index (χ1v) is 9.41. The molecule has 0 fully saturated rings. The number of para-hydroxylation sites is 1. The Kier molecular flexibility index (Phi) is 4.88. The van der Waals surface area contributed by atoms with Gasteiger partial charge in [0.2, 0.25) is 0 Å². The average molecular weight is 358 g/mol. The highest BCUT2D eigenvalue weighted by molar-refractivity contribution is 6.06. The van der Waals surface area contributed by atoms with E-state index in [1.54, 1.807) is 6.20 Å². The van der Waals surface area contributed by atoms with Crippen molar-refractivity contribution in [2.24, 2.45) is 0 Å². The van der Waals surface area contributed by atoms with E-state index >= 15 is 0 Å². The lowest BCUT2D eigenvalue weighted by atomic mass is 10.1. The zero-order valence-corrected chi connectivity index (χ0v) is 15.4. The molecule has 0 N–H and O–H groups in total. The van der Waals surface area contributed by atoms with E-state index in [0.29, 0.717) is 11.3 Å².